The van der Waals surface area contributed by atoms with E-state index in [4.69, 9.17) is 19.2 Å². The number of halogens is 2. The summed E-state index contributed by atoms with van der Waals surface area (Å²) in [4.78, 5) is 14.0. The van der Waals surface area contributed by atoms with Crippen molar-refractivity contribution in [3.05, 3.63) is 94.9 Å². The SMILES string of the molecule is CC(C)C(COCCCC1(c2cc3c(Nc4ccc(OCc5cccc(F)c5)c(Br)c4)ncnc3cn2)CC=CO1)=S(=O)=O. The predicted octanol–water partition coefficient (Wildman–Crippen LogP) is 6.88. The lowest BCUT2D eigenvalue weighted by molar-refractivity contribution is 0.0185. The standard InChI is InChI=1S/C32H32BrFN4O5S/c1-21(2)29(44(39)40)19-41-12-4-10-32(11-5-13-43-32)30-16-25-27(17-35-30)36-20-37-31(25)38-24-8-9-28(26(33)15-24)42-18-22-6-3-7-23(34)14-22/h3,5-9,13-17,20-21H,4,10-12,18-19H2,1-2H3,(H,36,37,38). The van der Waals surface area contributed by atoms with E-state index in [2.05, 4.69) is 31.2 Å². The predicted molar refractivity (Wildman–Crippen MR) is 171 cm³/mol. The van der Waals surface area contributed by atoms with Crippen LogP contribution in [-0.4, -0.2) is 41.4 Å². The maximum atomic E-state index is 13.5. The highest BCUT2D eigenvalue weighted by molar-refractivity contribution is 9.10. The number of nitrogens with one attached hydrogen (secondary N) is 1. The van der Waals surface area contributed by atoms with Crippen molar-refractivity contribution in [1.82, 2.24) is 15.0 Å². The molecule has 0 aliphatic carbocycles. The van der Waals surface area contributed by atoms with Crippen LogP contribution in [-0.2, 0) is 32.0 Å². The topological polar surface area (TPSA) is 113 Å². The molecule has 5 rings (SSSR count). The number of pyridine rings is 1. The summed E-state index contributed by atoms with van der Waals surface area (Å²) in [6.45, 7) is 4.37. The van der Waals surface area contributed by atoms with Gasteiger partial charge in [0.05, 0.1) is 39.6 Å². The van der Waals surface area contributed by atoms with Crippen LogP contribution >= 0.6 is 15.9 Å². The lowest BCUT2D eigenvalue weighted by Gasteiger charge is -2.28. The van der Waals surface area contributed by atoms with Crippen molar-refractivity contribution in [1.29, 1.82) is 0 Å². The average Bonchev–Trinajstić information content (AvgIpc) is 3.48. The Hall–Kier alpha value is -3.87. The first-order valence-electron chi connectivity index (χ1n) is 14.1. The molecule has 3 heterocycles. The fourth-order valence-electron chi connectivity index (χ4n) is 4.89. The number of benzene rings is 2. The number of hydrogen-bond acceptors (Lipinski definition) is 9. The quantitative estimate of drug-likeness (QED) is 0.119. The van der Waals surface area contributed by atoms with E-state index >= 15 is 0 Å². The molecule has 0 saturated carbocycles. The van der Waals surface area contributed by atoms with Crippen molar-refractivity contribution in [2.45, 2.75) is 45.3 Å². The maximum absolute atomic E-state index is 13.5. The van der Waals surface area contributed by atoms with Gasteiger partial charge in [0.2, 0.25) is 10.3 Å². The Balaban J connectivity index is 1.29. The molecule has 0 fully saturated rings. The second-order valence-electron chi connectivity index (χ2n) is 10.7. The first kappa shape index (κ1) is 31.6. The zero-order chi connectivity index (χ0) is 31.1. The highest BCUT2D eigenvalue weighted by Gasteiger charge is 2.36. The number of hydrogen-bond donors (Lipinski definition) is 1. The third-order valence-corrected chi connectivity index (χ3v) is 8.91. The molecule has 230 valence electrons. The summed E-state index contributed by atoms with van der Waals surface area (Å²) in [5, 5.41) is 4.15. The molecular formula is C32H32BrFN4O5S. The van der Waals surface area contributed by atoms with Crippen molar-refractivity contribution < 1.29 is 27.0 Å². The van der Waals surface area contributed by atoms with Gasteiger partial charge in [-0.05, 0) is 82.7 Å². The molecule has 44 heavy (non-hydrogen) atoms. The Morgan fingerprint density at radius 2 is 2.02 bits per heavy atom. The number of rotatable bonds is 13. The summed E-state index contributed by atoms with van der Waals surface area (Å²) in [5.74, 6) is 0.816. The highest BCUT2D eigenvalue weighted by atomic mass is 79.9. The Kier molecular flexibility index (Phi) is 10.2. The minimum atomic E-state index is -2.26. The molecule has 0 spiro atoms. The monoisotopic (exact) mass is 682 g/mol. The molecule has 1 unspecified atom stereocenters. The minimum Gasteiger partial charge on any atom is -0.489 e. The van der Waals surface area contributed by atoms with Crippen LogP contribution in [0.25, 0.3) is 10.9 Å². The van der Waals surface area contributed by atoms with Crippen molar-refractivity contribution in [2.75, 3.05) is 18.5 Å². The first-order valence-corrected chi connectivity index (χ1v) is 16.0. The largest absolute Gasteiger partial charge is 0.489 e. The fourth-order valence-corrected chi connectivity index (χ4v) is 5.94. The minimum absolute atomic E-state index is 0.0801. The maximum Gasteiger partial charge on any atom is 0.215 e. The lowest BCUT2D eigenvalue weighted by atomic mass is 9.90. The number of fused-ring (bicyclic) bond motifs is 1. The molecular weight excluding hydrogens is 651 g/mol. The molecule has 1 aliphatic rings. The van der Waals surface area contributed by atoms with Crippen LogP contribution in [0.3, 0.4) is 0 Å². The van der Waals surface area contributed by atoms with Crippen LogP contribution in [0.1, 0.15) is 44.4 Å². The van der Waals surface area contributed by atoms with E-state index in [1.54, 1.807) is 18.5 Å². The molecule has 4 aromatic rings. The summed E-state index contributed by atoms with van der Waals surface area (Å²) in [6.07, 6.45) is 8.76. The summed E-state index contributed by atoms with van der Waals surface area (Å²) in [5.41, 5.74) is 2.24. The summed E-state index contributed by atoms with van der Waals surface area (Å²) >= 11 is 3.57. The average molecular weight is 684 g/mol. The van der Waals surface area contributed by atoms with E-state index in [9.17, 15) is 12.8 Å². The summed E-state index contributed by atoms with van der Waals surface area (Å²) < 4.78 is 54.8. The number of ether oxygens (including phenoxy) is 3. The van der Waals surface area contributed by atoms with Gasteiger partial charge in [-0.3, -0.25) is 4.98 Å². The van der Waals surface area contributed by atoms with E-state index < -0.39 is 15.9 Å². The number of anilines is 2. The van der Waals surface area contributed by atoms with Gasteiger partial charge < -0.3 is 19.5 Å². The Morgan fingerprint density at radius 3 is 2.75 bits per heavy atom. The molecule has 0 saturated heterocycles. The van der Waals surface area contributed by atoms with E-state index in [1.807, 2.05) is 50.3 Å². The van der Waals surface area contributed by atoms with Gasteiger partial charge in [-0.2, -0.15) is 8.42 Å². The normalized spacial score (nSPS) is 15.8. The van der Waals surface area contributed by atoms with Crippen LogP contribution in [0.2, 0.25) is 0 Å². The van der Waals surface area contributed by atoms with E-state index in [-0.39, 0.29) is 24.9 Å². The smallest absolute Gasteiger partial charge is 0.215 e. The molecule has 9 nitrogen and oxygen atoms in total. The Labute approximate surface area is 265 Å². The van der Waals surface area contributed by atoms with Gasteiger partial charge in [0.25, 0.3) is 0 Å². The zero-order valence-electron chi connectivity index (χ0n) is 24.3. The van der Waals surface area contributed by atoms with Crippen LogP contribution in [0.5, 0.6) is 5.75 Å². The molecule has 1 atom stereocenters. The fraction of sp³-hybridized carbons (Fsp3) is 0.312. The molecule has 12 heteroatoms. The van der Waals surface area contributed by atoms with Gasteiger partial charge in [0.1, 0.15) is 30.3 Å². The van der Waals surface area contributed by atoms with Gasteiger partial charge >= 0.3 is 0 Å². The highest BCUT2D eigenvalue weighted by Crippen LogP contribution is 2.39. The van der Waals surface area contributed by atoms with Crippen LogP contribution < -0.4 is 10.1 Å². The summed E-state index contributed by atoms with van der Waals surface area (Å²) in [6, 6.07) is 13.8. The molecule has 1 aliphatic heterocycles. The Morgan fingerprint density at radius 1 is 1.16 bits per heavy atom. The van der Waals surface area contributed by atoms with E-state index in [0.717, 1.165) is 26.8 Å². The first-order chi connectivity index (χ1) is 21.2. The molecule has 1 N–H and O–H groups in total. The van der Waals surface area contributed by atoms with Crippen LogP contribution in [0.15, 0.2) is 77.9 Å². The zero-order valence-corrected chi connectivity index (χ0v) is 26.7. The summed E-state index contributed by atoms with van der Waals surface area (Å²) in [7, 11) is -2.26. The number of nitrogens with zero attached hydrogens (tertiary/aromatic N) is 3. The molecule has 0 radical (unpaired) electrons. The Bertz CT molecular complexity index is 1800. The van der Waals surface area contributed by atoms with Gasteiger partial charge in [-0.25, -0.2) is 14.4 Å². The van der Waals surface area contributed by atoms with E-state index in [1.165, 1.54) is 18.5 Å². The second kappa shape index (κ2) is 14.3. The molecule has 2 aromatic carbocycles. The van der Waals surface area contributed by atoms with Crippen molar-refractivity contribution >= 4 is 53.5 Å². The van der Waals surface area contributed by atoms with Crippen molar-refractivity contribution in [2.24, 2.45) is 5.92 Å². The molecule has 0 amide bonds. The number of aromatic nitrogens is 3. The van der Waals surface area contributed by atoms with E-state index in [0.29, 0.717) is 47.8 Å². The molecule has 0 bridgehead atoms. The van der Waals surface area contributed by atoms with Gasteiger partial charge in [0, 0.05) is 24.1 Å². The van der Waals surface area contributed by atoms with Gasteiger partial charge in [-0.1, -0.05) is 26.0 Å². The third kappa shape index (κ3) is 7.61. The van der Waals surface area contributed by atoms with Gasteiger partial charge in [0.15, 0.2) is 5.60 Å². The molecule has 2 aromatic heterocycles. The van der Waals surface area contributed by atoms with Crippen molar-refractivity contribution in [3.63, 3.8) is 0 Å². The third-order valence-electron chi connectivity index (χ3n) is 7.28. The lowest BCUT2D eigenvalue weighted by Crippen LogP contribution is -2.27. The van der Waals surface area contributed by atoms with Crippen molar-refractivity contribution in [3.8, 4) is 5.75 Å². The second-order valence-corrected chi connectivity index (χ2v) is 12.5. The van der Waals surface area contributed by atoms with Crippen LogP contribution in [0, 0.1) is 11.7 Å². The van der Waals surface area contributed by atoms with Gasteiger partial charge in [-0.15, -0.1) is 0 Å². The van der Waals surface area contributed by atoms with Crippen LogP contribution in [0.4, 0.5) is 15.9 Å².